The predicted molar refractivity (Wildman–Crippen MR) is 141 cm³/mol. The Labute approximate surface area is 223 Å². The molecule has 1 fully saturated rings. The average molecular weight is 554 g/mol. The van der Waals surface area contributed by atoms with Gasteiger partial charge in [-0.15, -0.1) is 0 Å². The molecule has 4 aromatic rings. The van der Waals surface area contributed by atoms with E-state index in [2.05, 4.69) is 47.6 Å². The summed E-state index contributed by atoms with van der Waals surface area (Å²) in [6.07, 6.45) is 7.69. The van der Waals surface area contributed by atoms with Gasteiger partial charge in [0.15, 0.2) is 5.82 Å². The van der Waals surface area contributed by atoms with Crippen LogP contribution in [0.3, 0.4) is 0 Å². The summed E-state index contributed by atoms with van der Waals surface area (Å²) in [5, 5.41) is 14.0. The lowest BCUT2D eigenvalue weighted by Gasteiger charge is -2.14. The first-order chi connectivity index (χ1) is 18.7. The monoisotopic (exact) mass is 553 g/mol. The van der Waals surface area contributed by atoms with E-state index < -0.39 is 23.0 Å². The Morgan fingerprint density at radius 1 is 1.08 bits per heavy atom. The predicted octanol–water partition coefficient (Wildman–Crippen LogP) is 3.50. The molecule has 0 atom stereocenters. The average Bonchev–Trinajstić information content (AvgIpc) is 3.46. The fourth-order valence-corrected chi connectivity index (χ4v) is 5.12. The first-order valence-corrected chi connectivity index (χ1v) is 13.7. The molecule has 1 aliphatic rings. The molecule has 11 nitrogen and oxygen atoms in total. The van der Waals surface area contributed by atoms with Gasteiger partial charge in [-0.25, -0.2) is 32.2 Å². The van der Waals surface area contributed by atoms with Crippen molar-refractivity contribution in [1.82, 2.24) is 33.9 Å². The van der Waals surface area contributed by atoms with Crippen molar-refractivity contribution >= 4 is 27.3 Å². The summed E-state index contributed by atoms with van der Waals surface area (Å²) in [4.78, 5) is 13.2. The maximum Gasteiger partial charge on any atom is 0.257 e. The van der Waals surface area contributed by atoms with E-state index in [9.17, 15) is 17.2 Å². The van der Waals surface area contributed by atoms with Crippen molar-refractivity contribution in [2.75, 3.05) is 10.6 Å². The number of aromatic nitrogens is 7. The number of nitrogens with one attached hydrogen (secondary N) is 2. The van der Waals surface area contributed by atoms with E-state index >= 15 is 0 Å². The Balaban J connectivity index is 1.35. The lowest BCUT2D eigenvalue weighted by molar-refractivity contribution is 0.122. The fourth-order valence-electron chi connectivity index (χ4n) is 3.64. The zero-order valence-electron chi connectivity index (χ0n) is 21.1. The number of hydrogen-bond donors (Lipinski definition) is 2. The Hall–Kier alpha value is -4.38. The van der Waals surface area contributed by atoms with E-state index in [-0.39, 0.29) is 11.3 Å². The maximum absolute atomic E-state index is 12.6. The molecule has 4 heterocycles. The molecule has 202 valence electrons. The smallest absolute Gasteiger partial charge is 0.257 e. The molecule has 0 spiro atoms. The Bertz CT molecular complexity index is 1650. The SMILES string of the molecule is CC(C)Nc1cc(Nc2ccnc(-c3cnn(S(=O)(=O)C4CC4)c3)n2)ncc1C#Cc1cnn(CC(F)F)c1. The van der Waals surface area contributed by atoms with Gasteiger partial charge in [0.2, 0.25) is 0 Å². The van der Waals surface area contributed by atoms with Crippen LogP contribution in [0, 0.1) is 11.8 Å². The molecule has 0 unspecified atom stereocenters. The summed E-state index contributed by atoms with van der Waals surface area (Å²) in [6.45, 7) is 3.48. The normalized spacial score (nSPS) is 13.4. The Morgan fingerprint density at radius 3 is 2.64 bits per heavy atom. The first-order valence-electron chi connectivity index (χ1n) is 12.2. The van der Waals surface area contributed by atoms with Gasteiger partial charge in [0.05, 0.1) is 46.2 Å². The largest absolute Gasteiger partial charge is 0.382 e. The van der Waals surface area contributed by atoms with E-state index in [1.54, 1.807) is 24.5 Å². The van der Waals surface area contributed by atoms with Gasteiger partial charge in [0.25, 0.3) is 16.4 Å². The Morgan fingerprint density at radius 2 is 1.90 bits per heavy atom. The van der Waals surface area contributed by atoms with Crippen LogP contribution in [0.4, 0.5) is 26.1 Å². The first kappa shape index (κ1) is 26.2. The molecule has 4 aromatic heterocycles. The fraction of sp³-hybridized carbons (Fsp3) is 0.320. The van der Waals surface area contributed by atoms with Gasteiger partial charge in [-0.2, -0.15) is 14.3 Å². The van der Waals surface area contributed by atoms with E-state index in [0.717, 1.165) is 14.5 Å². The van der Waals surface area contributed by atoms with Gasteiger partial charge in [0, 0.05) is 30.7 Å². The van der Waals surface area contributed by atoms with E-state index in [1.807, 2.05) is 13.8 Å². The van der Waals surface area contributed by atoms with Crippen LogP contribution in [0.5, 0.6) is 0 Å². The number of hydrogen-bond acceptors (Lipinski definition) is 9. The van der Waals surface area contributed by atoms with Crippen LogP contribution in [-0.4, -0.2) is 60.1 Å². The molecule has 2 N–H and O–H groups in total. The minimum atomic E-state index is -3.49. The molecule has 14 heteroatoms. The van der Waals surface area contributed by atoms with Crippen molar-refractivity contribution in [3.8, 4) is 23.2 Å². The lowest BCUT2D eigenvalue weighted by Crippen LogP contribution is -2.17. The molecule has 0 saturated heterocycles. The summed E-state index contributed by atoms with van der Waals surface area (Å²) in [6, 6.07) is 3.55. The van der Waals surface area contributed by atoms with Crippen molar-refractivity contribution in [3.63, 3.8) is 0 Å². The van der Waals surface area contributed by atoms with Crippen molar-refractivity contribution in [2.45, 2.75) is 51.0 Å². The van der Waals surface area contributed by atoms with Crippen LogP contribution >= 0.6 is 0 Å². The van der Waals surface area contributed by atoms with Crippen molar-refractivity contribution in [2.24, 2.45) is 0 Å². The quantitative estimate of drug-likeness (QED) is 0.299. The molecule has 0 bridgehead atoms. The number of anilines is 3. The summed E-state index contributed by atoms with van der Waals surface area (Å²) < 4.78 is 52.2. The van der Waals surface area contributed by atoms with E-state index in [1.165, 1.54) is 24.8 Å². The topological polar surface area (TPSA) is 133 Å². The van der Waals surface area contributed by atoms with Crippen LogP contribution in [0.1, 0.15) is 37.8 Å². The number of nitrogens with zero attached hydrogens (tertiary/aromatic N) is 7. The summed E-state index contributed by atoms with van der Waals surface area (Å²) in [5.74, 6) is 7.21. The molecule has 1 saturated carbocycles. The number of pyridine rings is 1. The minimum Gasteiger partial charge on any atom is -0.382 e. The summed E-state index contributed by atoms with van der Waals surface area (Å²) in [5.41, 5.74) is 2.31. The number of alkyl halides is 2. The minimum absolute atomic E-state index is 0.101. The molecule has 5 rings (SSSR count). The van der Waals surface area contributed by atoms with E-state index in [4.69, 9.17) is 0 Å². The molecule has 39 heavy (non-hydrogen) atoms. The highest BCUT2D eigenvalue weighted by Gasteiger charge is 2.37. The van der Waals surface area contributed by atoms with E-state index in [0.29, 0.717) is 47.0 Å². The summed E-state index contributed by atoms with van der Waals surface area (Å²) >= 11 is 0. The Kier molecular flexibility index (Phi) is 7.25. The van der Waals surface area contributed by atoms with Crippen LogP contribution < -0.4 is 10.6 Å². The van der Waals surface area contributed by atoms with Crippen molar-refractivity contribution in [1.29, 1.82) is 0 Å². The molecule has 1 aliphatic carbocycles. The highest BCUT2D eigenvalue weighted by Crippen LogP contribution is 2.30. The van der Waals surface area contributed by atoms with Crippen molar-refractivity contribution in [3.05, 3.63) is 60.4 Å². The molecular formula is C25H25F2N9O2S. The third-order valence-electron chi connectivity index (χ3n) is 5.58. The third kappa shape index (κ3) is 6.37. The second-order valence-electron chi connectivity index (χ2n) is 9.24. The van der Waals surface area contributed by atoms with Crippen LogP contribution in [0.15, 0.2) is 49.3 Å². The number of halogens is 2. The molecule has 0 radical (unpaired) electrons. The molecule has 0 amide bonds. The van der Waals surface area contributed by atoms with Gasteiger partial charge in [0.1, 0.15) is 18.2 Å². The zero-order valence-corrected chi connectivity index (χ0v) is 21.9. The molecular weight excluding hydrogens is 528 g/mol. The van der Waals surface area contributed by atoms with Gasteiger partial charge < -0.3 is 10.6 Å². The standard InChI is InChI=1S/C25H25F2N9O2S/c1-16(2)32-21-9-24(29-11-18(21)4-3-17-10-30-35(13-17)15-22(26)27)33-23-7-8-28-25(34-23)19-12-31-36(14-19)39(37,38)20-5-6-20/h7-14,16,20,22H,5-6,15H2,1-2H3,(H2,28,29,32,33,34). The van der Waals surface area contributed by atoms with Gasteiger partial charge in [-0.3, -0.25) is 4.68 Å². The molecule has 0 aliphatic heterocycles. The highest BCUT2D eigenvalue weighted by molar-refractivity contribution is 7.90. The third-order valence-corrected chi connectivity index (χ3v) is 7.62. The second-order valence-corrected chi connectivity index (χ2v) is 11.3. The van der Waals surface area contributed by atoms with Gasteiger partial charge >= 0.3 is 0 Å². The maximum atomic E-state index is 12.6. The highest BCUT2D eigenvalue weighted by atomic mass is 32.2. The van der Waals surface area contributed by atoms with Gasteiger partial charge in [-0.1, -0.05) is 11.8 Å². The molecule has 0 aromatic carbocycles. The van der Waals surface area contributed by atoms with Crippen LogP contribution in [0.25, 0.3) is 11.4 Å². The second kappa shape index (κ2) is 10.8. The summed E-state index contributed by atoms with van der Waals surface area (Å²) in [7, 11) is -3.49. The van der Waals surface area contributed by atoms with Crippen LogP contribution in [0.2, 0.25) is 0 Å². The zero-order chi connectivity index (χ0) is 27.6. The van der Waals surface area contributed by atoms with Gasteiger partial charge in [-0.05, 0) is 32.8 Å². The lowest BCUT2D eigenvalue weighted by atomic mass is 10.2. The van der Waals surface area contributed by atoms with Crippen molar-refractivity contribution < 1.29 is 17.2 Å². The van der Waals surface area contributed by atoms with Crippen LogP contribution in [-0.2, 0) is 16.6 Å². The number of rotatable bonds is 9.